The van der Waals surface area contributed by atoms with Crippen LogP contribution >= 0.6 is 0 Å². The van der Waals surface area contributed by atoms with Crippen molar-refractivity contribution >= 4 is 18.0 Å². The maximum Gasteiger partial charge on any atom is 0.411 e. The van der Waals surface area contributed by atoms with Gasteiger partial charge in [-0.15, -0.1) is 0 Å². The van der Waals surface area contributed by atoms with Crippen molar-refractivity contribution in [1.82, 2.24) is 10.2 Å². The largest absolute Gasteiger partial charge is 0.458 e. The number of amides is 2. The van der Waals surface area contributed by atoms with Crippen LogP contribution in [0.5, 0.6) is 0 Å². The van der Waals surface area contributed by atoms with Gasteiger partial charge in [0.15, 0.2) is 0 Å². The average molecular weight is 469 g/mol. The summed E-state index contributed by atoms with van der Waals surface area (Å²) < 4.78 is 17.2. The number of esters is 1. The van der Waals surface area contributed by atoms with Crippen LogP contribution in [0.15, 0.2) is 12.2 Å². The zero-order valence-corrected chi connectivity index (χ0v) is 22.2. The number of rotatable bonds is 7. The number of carbonyl (C=O) groups is 3. The quantitative estimate of drug-likeness (QED) is 0.447. The van der Waals surface area contributed by atoms with Crippen molar-refractivity contribution in [3.8, 4) is 0 Å². The molecule has 0 aromatic heterocycles. The van der Waals surface area contributed by atoms with Crippen molar-refractivity contribution in [2.75, 3.05) is 7.11 Å². The molecule has 1 N–H and O–H groups in total. The van der Waals surface area contributed by atoms with E-state index in [0.717, 1.165) is 0 Å². The molecular weight excluding hydrogens is 424 g/mol. The molecule has 5 atom stereocenters. The number of hydrogen-bond acceptors (Lipinski definition) is 6. The molecule has 33 heavy (non-hydrogen) atoms. The monoisotopic (exact) mass is 468 g/mol. The number of hydrogen-bond donors (Lipinski definition) is 1. The van der Waals surface area contributed by atoms with E-state index in [0.29, 0.717) is 6.42 Å². The molecule has 1 aliphatic heterocycles. The van der Waals surface area contributed by atoms with Gasteiger partial charge in [-0.05, 0) is 60.8 Å². The highest BCUT2D eigenvalue weighted by atomic mass is 16.6. The minimum atomic E-state index is -0.855. The number of likely N-dealkylation sites (tertiary alicyclic amines) is 1. The maximum atomic E-state index is 13.5. The van der Waals surface area contributed by atoms with Crippen molar-refractivity contribution in [3.63, 3.8) is 0 Å². The summed E-state index contributed by atoms with van der Waals surface area (Å²) in [6, 6.07) is -1.98. The third-order valence-corrected chi connectivity index (χ3v) is 5.33. The Morgan fingerprint density at radius 3 is 1.97 bits per heavy atom. The molecule has 0 aromatic rings. The molecule has 0 radical (unpaired) electrons. The van der Waals surface area contributed by atoms with Crippen LogP contribution in [0.25, 0.3) is 0 Å². The van der Waals surface area contributed by atoms with Crippen molar-refractivity contribution in [3.05, 3.63) is 12.2 Å². The van der Waals surface area contributed by atoms with Crippen LogP contribution in [0.4, 0.5) is 4.79 Å². The predicted octanol–water partition coefficient (Wildman–Crippen LogP) is 4.07. The van der Waals surface area contributed by atoms with Crippen molar-refractivity contribution in [1.29, 1.82) is 0 Å². The van der Waals surface area contributed by atoms with Gasteiger partial charge in [-0.2, -0.15) is 0 Å². The van der Waals surface area contributed by atoms with Crippen LogP contribution in [0.1, 0.15) is 75.7 Å². The van der Waals surface area contributed by atoms with Crippen molar-refractivity contribution in [2.24, 2.45) is 11.8 Å². The summed E-state index contributed by atoms with van der Waals surface area (Å²) in [6.45, 7) is 18.0. The van der Waals surface area contributed by atoms with Crippen LogP contribution in [0.2, 0.25) is 0 Å². The minimum Gasteiger partial charge on any atom is -0.458 e. The van der Waals surface area contributed by atoms with Crippen LogP contribution in [-0.4, -0.2) is 65.4 Å². The summed E-state index contributed by atoms with van der Waals surface area (Å²) in [5, 5.41) is 3.00. The number of nitrogens with one attached hydrogen (secondary N) is 1. The topological polar surface area (TPSA) is 94.2 Å². The molecule has 0 aliphatic carbocycles. The third kappa shape index (κ3) is 8.32. The summed E-state index contributed by atoms with van der Waals surface area (Å²) in [7, 11) is 1.59. The number of allylic oxidation sites excluding steroid dienone is 1. The van der Waals surface area contributed by atoms with E-state index in [1.54, 1.807) is 48.7 Å². The highest BCUT2D eigenvalue weighted by molar-refractivity contribution is 5.83. The second-order valence-electron chi connectivity index (χ2n) is 11.0. The number of methoxy groups -OCH3 is 1. The van der Waals surface area contributed by atoms with Gasteiger partial charge in [-0.3, -0.25) is 9.69 Å². The van der Waals surface area contributed by atoms with Gasteiger partial charge in [-0.25, -0.2) is 9.59 Å². The van der Waals surface area contributed by atoms with E-state index in [-0.39, 0.29) is 17.7 Å². The molecule has 0 spiro atoms. The Hall–Kier alpha value is -2.09. The Morgan fingerprint density at radius 2 is 1.58 bits per heavy atom. The highest BCUT2D eigenvalue weighted by Crippen LogP contribution is 2.38. The van der Waals surface area contributed by atoms with E-state index in [9.17, 15) is 14.4 Å². The Kier molecular flexibility index (Phi) is 9.96. The Labute approximate surface area is 199 Å². The molecule has 2 amide bonds. The lowest BCUT2D eigenvalue weighted by atomic mass is 9.86. The van der Waals surface area contributed by atoms with Crippen LogP contribution in [0.3, 0.4) is 0 Å². The number of carbonyl (C=O) groups excluding carboxylic acids is 3. The highest BCUT2D eigenvalue weighted by Gasteiger charge is 2.53. The lowest BCUT2D eigenvalue weighted by Gasteiger charge is -2.41. The van der Waals surface area contributed by atoms with Crippen molar-refractivity contribution in [2.45, 2.75) is 111 Å². The van der Waals surface area contributed by atoms with Gasteiger partial charge in [0.2, 0.25) is 5.91 Å². The fourth-order valence-electron chi connectivity index (χ4n) is 4.38. The zero-order valence-electron chi connectivity index (χ0n) is 22.2. The van der Waals surface area contributed by atoms with E-state index in [2.05, 4.69) is 5.32 Å². The molecule has 1 saturated heterocycles. The van der Waals surface area contributed by atoms with E-state index < -0.39 is 47.5 Å². The molecule has 8 nitrogen and oxygen atoms in total. The molecule has 1 aliphatic rings. The normalized spacial score (nSPS) is 23.5. The lowest BCUT2D eigenvalue weighted by Crippen LogP contribution is -2.61. The predicted molar refractivity (Wildman–Crippen MR) is 128 cm³/mol. The fourth-order valence-corrected chi connectivity index (χ4v) is 4.38. The molecule has 0 saturated carbocycles. The first-order valence-corrected chi connectivity index (χ1v) is 11.7. The SMILES string of the molecule is C/C=C\[C@@H]1C[C@H](C(=O)OC(C)(C)C)N(C(=O)OC(C)(C)C)[C@H]1[C@@H](NC(C)=O)[C@H](OC)C(C)C. The number of nitrogens with zero attached hydrogens (tertiary/aromatic N) is 1. The lowest BCUT2D eigenvalue weighted by molar-refractivity contribution is -0.160. The van der Waals surface area contributed by atoms with Crippen LogP contribution in [-0.2, 0) is 23.8 Å². The molecule has 0 bridgehead atoms. The van der Waals surface area contributed by atoms with Crippen molar-refractivity contribution < 1.29 is 28.6 Å². The second-order valence-corrected chi connectivity index (χ2v) is 11.0. The zero-order chi connectivity index (χ0) is 25.7. The fraction of sp³-hybridized carbons (Fsp3) is 0.800. The van der Waals surface area contributed by atoms with Gasteiger partial charge >= 0.3 is 12.1 Å². The molecule has 190 valence electrons. The van der Waals surface area contributed by atoms with Gasteiger partial charge in [0.25, 0.3) is 0 Å². The molecule has 0 unspecified atom stereocenters. The first-order chi connectivity index (χ1) is 15.0. The summed E-state index contributed by atoms with van der Waals surface area (Å²) in [5.41, 5.74) is -1.48. The standard InChI is InChI=1S/C25H44N2O6/c1-12-13-17-14-18(22(29)32-24(5,6)7)27(23(30)33-25(8,9)10)20(17)19(26-16(4)28)21(31-11)15(2)3/h12-13,15,17-21H,14H2,1-11H3,(H,26,28)/b13-12-/t17-,18-,19-,20-,21-/m1/s1. The summed E-state index contributed by atoms with van der Waals surface area (Å²) in [6.07, 6.45) is 3.20. The second kappa shape index (κ2) is 11.4. The van der Waals surface area contributed by atoms with E-state index in [4.69, 9.17) is 14.2 Å². The maximum absolute atomic E-state index is 13.5. The Bertz CT molecular complexity index is 719. The van der Waals surface area contributed by atoms with Crippen LogP contribution in [0, 0.1) is 11.8 Å². The van der Waals surface area contributed by atoms with E-state index >= 15 is 0 Å². The van der Waals surface area contributed by atoms with Gasteiger partial charge in [0.1, 0.15) is 17.2 Å². The number of ether oxygens (including phenoxy) is 3. The van der Waals surface area contributed by atoms with E-state index in [1.165, 1.54) is 11.8 Å². The Balaban J connectivity index is 3.65. The van der Waals surface area contributed by atoms with Gasteiger partial charge in [0, 0.05) is 20.0 Å². The molecule has 0 aromatic carbocycles. The first-order valence-electron chi connectivity index (χ1n) is 11.7. The molecule has 1 heterocycles. The van der Waals surface area contributed by atoms with E-state index in [1.807, 2.05) is 32.9 Å². The summed E-state index contributed by atoms with van der Waals surface area (Å²) in [4.78, 5) is 40.4. The third-order valence-electron chi connectivity index (χ3n) is 5.33. The molecule has 1 rings (SSSR count). The summed E-state index contributed by atoms with van der Waals surface area (Å²) in [5.74, 6) is -0.912. The molecule has 1 fully saturated rings. The van der Waals surface area contributed by atoms with Gasteiger partial charge in [-0.1, -0.05) is 26.0 Å². The summed E-state index contributed by atoms with van der Waals surface area (Å²) >= 11 is 0. The molecular formula is C25H44N2O6. The smallest absolute Gasteiger partial charge is 0.411 e. The Morgan fingerprint density at radius 1 is 1.03 bits per heavy atom. The van der Waals surface area contributed by atoms with Gasteiger partial charge in [0.05, 0.1) is 18.2 Å². The van der Waals surface area contributed by atoms with Crippen LogP contribution < -0.4 is 5.32 Å². The minimum absolute atomic E-state index is 0.0409. The first kappa shape index (κ1) is 28.9. The van der Waals surface area contributed by atoms with Gasteiger partial charge < -0.3 is 19.5 Å². The average Bonchev–Trinajstić information content (AvgIpc) is 2.97. The molecule has 8 heteroatoms.